The van der Waals surface area contributed by atoms with Crippen molar-refractivity contribution >= 4 is 11.7 Å². The number of nitrogens with zero attached hydrogens (tertiary/aromatic N) is 2. The summed E-state index contributed by atoms with van der Waals surface area (Å²) >= 11 is 0. The van der Waals surface area contributed by atoms with Crippen LogP contribution in [0.25, 0.3) is 0 Å². The predicted octanol–water partition coefficient (Wildman–Crippen LogP) is 2.31. The van der Waals surface area contributed by atoms with Crippen molar-refractivity contribution in [3.05, 3.63) is 64.0 Å². The summed E-state index contributed by atoms with van der Waals surface area (Å²) in [5.41, 5.74) is 0.489. The summed E-state index contributed by atoms with van der Waals surface area (Å²) in [6.45, 7) is 0.247. The average Bonchev–Trinajstić information content (AvgIpc) is 2.48. The third-order valence-corrected chi connectivity index (χ3v) is 2.80. The van der Waals surface area contributed by atoms with Crippen LogP contribution in [0.15, 0.2) is 42.7 Å². The first-order valence-electron chi connectivity index (χ1n) is 6.11. The predicted molar refractivity (Wildman–Crippen MR) is 73.5 cm³/mol. The standard InChI is InChI=1S/C14H12N2O5/c17-14(18)11-1-2-13(12(9-11)16(19)20)21-8-5-10-3-6-15-7-4-10/h1-4,6-7,9H,5,8H2,(H,17,18). The Hall–Kier alpha value is -2.96. The summed E-state index contributed by atoms with van der Waals surface area (Å²) in [5, 5.41) is 19.8. The molecule has 0 saturated carbocycles. The van der Waals surface area contributed by atoms with Crippen LogP contribution in [0.3, 0.4) is 0 Å². The van der Waals surface area contributed by atoms with Gasteiger partial charge in [-0.3, -0.25) is 15.1 Å². The Kier molecular flexibility index (Phi) is 4.45. The van der Waals surface area contributed by atoms with Crippen molar-refractivity contribution in [3.8, 4) is 5.75 Å². The molecule has 0 atom stereocenters. The van der Waals surface area contributed by atoms with Gasteiger partial charge in [0.05, 0.1) is 17.1 Å². The summed E-state index contributed by atoms with van der Waals surface area (Å²) in [6.07, 6.45) is 3.87. The number of carbonyl (C=O) groups is 1. The van der Waals surface area contributed by atoms with E-state index in [1.807, 2.05) is 12.1 Å². The molecule has 0 fully saturated rings. The summed E-state index contributed by atoms with van der Waals surface area (Å²) < 4.78 is 5.38. The largest absolute Gasteiger partial charge is 0.486 e. The number of carboxylic acid groups (broad SMARTS) is 1. The molecule has 2 aromatic rings. The van der Waals surface area contributed by atoms with Crippen LogP contribution in [0.4, 0.5) is 5.69 Å². The molecular formula is C14H12N2O5. The third-order valence-electron chi connectivity index (χ3n) is 2.80. The molecular weight excluding hydrogens is 276 g/mol. The molecule has 0 aliphatic heterocycles. The van der Waals surface area contributed by atoms with Crippen LogP contribution >= 0.6 is 0 Å². The third kappa shape index (κ3) is 3.75. The van der Waals surface area contributed by atoms with E-state index in [0.29, 0.717) is 6.42 Å². The maximum atomic E-state index is 11.0. The minimum absolute atomic E-state index is 0.0547. The fraction of sp³-hybridized carbons (Fsp3) is 0.143. The number of carboxylic acids is 1. The first kappa shape index (κ1) is 14.4. The molecule has 0 radical (unpaired) electrons. The lowest BCUT2D eigenvalue weighted by atomic mass is 10.2. The number of hydrogen-bond acceptors (Lipinski definition) is 5. The van der Waals surface area contributed by atoms with Crippen molar-refractivity contribution in [2.24, 2.45) is 0 Å². The van der Waals surface area contributed by atoms with E-state index in [4.69, 9.17) is 9.84 Å². The molecule has 0 spiro atoms. The second-order valence-electron chi connectivity index (χ2n) is 4.20. The molecule has 0 unspecified atom stereocenters. The van der Waals surface area contributed by atoms with Crippen LogP contribution in [0.2, 0.25) is 0 Å². The van der Waals surface area contributed by atoms with E-state index >= 15 is 0 Å². The van der Waals surface area contributed by atoms with Crippen molar-refractivity contribution in [3.63, 3.8) is 0 Å². The van der Waals surface area contributed by atoms with Crippen molar-refractivity contribution in [1.29, 1.82) is 0 Å². The van der Waals surface area contributed by atoms with Crippen molar-refractivity contribution in [2.75, 3.05) is 6.61 Å². The number of benzene rings is 1. The summed E-state index contributed by atoms with van der Waals surface area (Å²) in [4.78, 5) is 25.0. The highest BCUT2D eigenvalue weighted by Crippen LogP contribution is 2.28. The monoisotopic (exact) mass is 288 g/mol. The van der Waals surface area contributed by atoms with Gasteiger partial charge < -0.3 is 9.84 Å². The van der Waals surface area contributed by atoms with Gasteiger partial charge in [0.2, 0.25) is 0 Å². The highest BCUT2D eigenvalue weighted by molar-refractivity contribution is 5.88. The lowest BCUT2D eigenvalue weighted by Crippen LogP contribution is -2.05. The van der Waals surface area contributed by atoms with Gasteiger partial charge in [0.1, 0.15) is 0 Å². The molecule has 0 aliphatic rings. The fourth-order valence-corrected chi connectivity index (χ4v) is 1.74. The lowest BCUT2D eigenvalue weighted by molar-refractivity contribution is -0.385. The zero-order valence-electron chi connectivity index (χ0n) is 10.9. The Morgan fingerprint density at radius 1 is 1.29 bits per heavy atom. The molecule has 1 N–H and O–H groups in total. The van der Waals surface area contributed by atoms with Gasteiger partial charge >= 0.3 is 11.7 Å². The molecule has 21 heavy (non-hydrogen) atoms. The molecule has 1 aromatic carbocycles. The van der Waals surface area contributed by atoms with Crippen LogP contribution in [-0.2, 0) is 6.42 Å². The van der Waals surface area contributed by atoms with Crippen LogP contribution in [-0.4, -0.2) is 27.6 Å². The topological polar surface area (TPSA) is 103 Å². The number of nitro groups is 1. The lowest BCUT2D eigenvalue weighted by Gasteiger charge is -2.07. The van der Waals surface area contributed by atoms with Gasteiger partial charge in [-0.25, -0.2) is 4.79 Å². The highest BCUT2D eigenvalue weighted by Gasteiger charge is 2.18. The summed E-state index contributed by atoms with van der Waals surface area (Å²) in [7, 11) is 0. The van der Waals surface area contributed by atoms with Crippen molar-refractivity contribution in [1.82, 2.24) is 4.98 Å². The number of hydrogen-bond donors (Lipinski definition) is 1. The Morgan fingerprint density at radius 2 is 2.00 bits per heavy atom. The Labute approximate surface area is 120 Å². The van der Waals surface area contributed by atoms with Gasteiger partial charge in [-0.1, -0.05) is 0 Å². The van der Waals surface area contributed by atoms with Crippen molar-refractivity contribution in [2.45, 2.75) is 6.42 Å². The van der Waals surface area contributed by atoms with Crippen LogP contribution in [0.5, 0.6) is 5.75 Å². The second kappa shape index (κ2) is 6.47. The molecule has 108 valence electrons. The maximum absolute atomic E-state index is 11.0. The van der Waals surface area contributed by atoms with Gasteiger partial charge in [0, 0.05) is 24.9 Å². The Bertz CT molecular complexity index is 658. The van der Waals surface area contributed by atoms with E-state index in [9.17, 15) is 14.9 Å². The molecule has 7 nitrogen and oxygen atoms in total. The number of ether oxygens (including phenoxy) is 1. The first-order valence-corrected chi connectivity index (χ1v) is 6.11. The smallest absolute Gasteiger partial charge is 0.335 e. The summed E-state index contributed by atoms with van der Waals surface area (Å²) in [5.74, 6) is -1.17. The van der Waals surface area contributed by atoms with E-state index in [1.54, 1.807) is 12.4 Å². The van der Waals surface area contributed by atoms with E-state index < -0.39 is 10.9 Å². The van der Waals surface area contributed by atoms with E-state index in [0.717, 1.165) is 11.6 Å². The van der Waals surface area contributed by atoms with E-state index in [1.165, 1.54) is 12.1 Å². The minimum atomic E-state index is -1.22. The molecule has 7 heteroatoms. The van der Waals surface area contributed by atoms with E-state index in [2.05, 4.69) is 4.98 Å². The van der Waals surface area contributed by atoms with Crippen LogP contribution in [0, 0.1) is 10.1 Å². The molecule has 0 bridgehead atoms. The van der Waals surface area contributed by atoms with Crippen LogP contribution < -0.4 is 4.74 Å². The van der Waals surface area contributed by atoms with Gasteiger partial charge in [-0.15, -0.1) is 0 Å². The zero-order chi connectivity index (χ0) is 15.2. The number of rotatable bonds is 6. The zero-order valence-corrected chi connectivity index (χ0v) is 10.9. The molecule has 1 aromatic heterocycles. The van der Waals surface area contributed by atoms with Gasteiger partial charge in [-0.05, 0) is 29.8 Å². The number of nitro benzene ring substituents is 1. The number of aromatic nitrogens is 1. The maximum Gasteiger partial charge on any atom is 0.335 e. The highest BCUT2D eigenvalue weighted by atomic mass is 16.6. The van der Waals surface area contributed by atoms with Gasteiger partial charge in [0.25, 0.3) is 0 Å². The first-order chi connectivity index (χ1) is 10.1. The normalized spacial score (nSPS) is 10.1. The molecule has 2 rings (SSSR count). The van der Waals surface area contributed by atoms with Crippen LogP contribution in [0.1, 0.15) is 15.9 Å². The molecule has 1 heterocycles. The SMILES string of the molecule is O=C(O)c1ccc(OCCc2ccncc2)c([N+](=O)[O-])c1. The van der Waals surface area contributed by atoms with E-state index in [-0.39, 0.29) is 23.6 Å². The van der Waals surface area contributed by atoms with Gasteiger partial charge in [-0.2, -0.15) is 0 Å². The molecule has 0 amide bonds. The van der Waals surface area contributed by atoms with Gasteiger partial charge in [0.15, 0.2) is 5.75 Å². The average molecular weight is 288 g/mol. The Morgan fingerprint density at radius 3 is 2.62 bits per heavy atom. The molecule has 0 saturated heterocycles. The molecule has 0 aliphatic carbocycles. The Balaban J connectivity index is 2.09. The second-order valence-corrected chi connectivity index (χ2v) is 4.20. The number of aromatic carboxylic acids is 1. The quantitative estimate of drug-likeness (QED) is 0.646. The minimum Gasteiger partial charge on any atom is -0.486 e. The summed E-state index contributed by atoms with van der Waals surface area (Å²) in [6, 6.07) is 7.21. The number of pyridine rings is 1. The van der Waals surface area contributed by atoms with Crippen molar-refractivity contribution < 1.29 is 19.6 Å². The fourth-order valence-electron chi connectivity index (χ4n) is 1.74.